The average molecular weight is 426 g/mol. The molecular weight excluding hydrogens is 402 g/mol. The van der Waals surface area contributed by atoms with Gasteiger partial charge in [0.2, 0.25) is 5.91 Å². The summed E-state index contributed by atoms with van der Waals surface area (Å²) in [7, 11) is 0. The standard InChI is InChI=1S/C23H23NO5S/c25-22(24-11-9-17(10-12-24)23(26)27)8-3-16-1-4-18(5-2-16)30-19-6-7-20-21(15-19)29-14-13-28-20/h1-8,15,17H,9-14H2,(H,26,27)/b8-3+. The number of hydrogen-bond donors (Lipinski definition) is 1. The van der Waals surface area contributed by atoms with Crippen LogP contribution in [0.15, 0.2) is 58.3 Å². The summed E-state index contributed by atoms with van der Waals surface area (Å²) >= 11 is 1.64. The van der Waals surface area contributed by atoms with E-state index in [1.807, 2.05) is 42.5 Å². The van der Waals surface area contributed by atoms with Gasteiger partial charge in [0.15, 0.2) is 11.5 Å². The van der Waals surface area contributed by atoms with Crippen molar-refractivity contribution in [2.24, 2.45) is 5.92 Å². The predicted octanol–water partition coefficient (Wildman–Crippen LogP) is 3.95. The van der Waals surface area contributed by atoms with Crippen molar-refractivity contribution in [3.63, 3.8) is 0 Å². The van der Waals surface area contributed by atoms with E-state index in [4.69, 9.17) is 14.6 Å². The van der Waals surface area contributed by atoms with Gasteiger partial charge in [-0.3, -0.25) is 9.59 Å². The van der Waals surface area contributed by atoms with E-state index in [0.717, 1.165) is 26.9 Å². The Labute approximate surface area is 179 Å². The number of benzene rings is 2. The third-order valence-corrected chi connectivity index (χ3v) is 6.20. The zero-order valence-electron chi connectivity index (χ0n) is 16.5. The van der Waals surface area contributed by atoms with Crippen LogP contribution >= 0.6 is 11.8 Å². The van der Waals surface area contributed by atoms with Crippen LogP contribution in [0.3, 0.4) is 0 Å². The molecule has 0 radical (unpaired) electrons. The van der Waals surface area contributed by atoms with E-state index in [1.165, 1.54) is 0 Å². The van der Waals surface area contributed by atoms with Gasteiger partial charge >= 0.3 is 5.97 Å². The van der Waals surface area contributed by atoms with Gasteiger partial charge in [-0.1, -0.05) is 23.9 Å². The van der Waals surface area contributed by atoms with Gasteiger partial charge in [-0.15, -0.1) is 0 Å². The molecule has 7 heteroatoms. The molecule has 0 saturated carbocycles. The summed E-state index contributed by atoms with van der Waals surface area (Å²) in [4.78, 5) is 27.2. The monoisotopic (exact) mass is 425 g/mol. The van der Waals surface area contributed by atoms with Gasteiger partial charge in [0.05, 0.1) is 5.92 Å². The first-order valence-corrected chi connectivity index (χ1v) is 10.8. The average Bonchev–Trinajstić information content (AvgIpc) is 2.78. The Morgan fingerprint density at radius 2 is 1.63 bits per heavy atom. The van der Waals surface area contributed by atoms with Crippen LogP contribution in [0.4, 0.5) is 0 Å². The van der Waals surface area contributed by atoms with Gasteiger partial charge in [0.1, 0.15) is 13.2 Å². The molecule has 2 heterocycles. The molecule has 2 aliphatic rings. The number of amides is 1. The highest BCUT2D eigenvalue weighted by Crippen LogP contribution is 2.36. The van der Waals surface area contributed by atoms with Gasteiger partial charge in [0.25, 0.3) is 0 Å². The quantitative estimate of drug-likeness (QED) is 0.731. The molecule has 0 bridgehead atoms. The van der Waals surface area contributed by atoms with Crippen LogP contribution in [0.1, 0.15) is 18.4 Å². The lowest BCUT2D eigenvalue weighted by Crippen LogP contribution is -2.39. The van der Waals surface area contributed by atoms with Crippen molar-refractivity contribution in [3.8, 4) is 11.5 Å². The number of rotatable bonds is 5. The zero-order chi connectivity index (χ0) is 20.9. The Kier molecular flexibility index (Phi) is 6.28. The van der Waals surface area contributed by atoms with E-state index in [9.17, 15) is 9.59 Å². The SMILES string of the molecule is O=C(O)C1CCN(C(=O)/C=C/c2ccc(Sc3ccc4c(c3)OCCO4)cc2)CC1. The molecular formula is C23H23NO5S. The number of aliphatic carboxylic acids is 1. The number of piperidine rings is 1. The van der Waals surface area contributed by atoms with Crippen LogP contribution in [0.2, 0.25) is 0 Å². The molecule has 1 fully saturated rings. The molecule has 2 aromatic carbocycles. The minimum absolute atomic E-state index is 0.0754. The van der Waals surface area contributed by atoms with E-state index in [0.29, 0.717) is 39.1 Å². The first kappa shape index (κ1) is 20.3. The van der Waals surface area contributed by atoms with Crippen LogP contribution in [0.25, 0.3) is 6.08 Å². The van der Waals surface area contributed by atoms with Gasteiger partial charge in [0, 0.05) is 29.0 Å². The van der Waals surface area contributed by atoms with Gasteiger partial charge in [-0.2, -0.15) is 0 Å². The molecule has 0 unspecified atom stereocenters. The zero-order valence-corrected chi connectivity index (χ0v) is 17.3. The number of carboxylic acids is 1. The van der Waals surface area contributed by atoms with E-state index in [2.05, 4.69) is 0 Å². The Balaban J connectivity index is 1.32. The maximum absolute atomic E-state index is 12.3. The molecule has 2 aromatic rings. The van der Waals surface area contributed by atoms with Crippen molar-refractivity contribution in [1.29, 1.82) is 0 Å². The molecule has 1 saturated heterocycles. The number of likely N-dealkylation sites (tertiary alicyclic amines) is 1. The lowest BCUT2D eigenvalue weighted by atomic mass is 9.97. The first-order valence-electron chi connectivity index (χ1n) is 9.96. The largest absolute Gasteiger partial charge is 0.486 e. The molecule has 2 aliphatic heterocycles. The topological polar surface area (TPSA) is 76.1 Å². The minimum Gasteiger partial charge on any atom is -0.486 e. The highest BCUT2D eigenvalue weighted by atomic mass is 32.2. The molecule has 0 atom stereocenters. The molecule has 0 aliphatic carbocycles. The molecule has 30 heavy (non-hydrogen) atoms. The van der Waals surface area contributed by atoms with Crippen LogP contribution in [-0.2, 0) is 9.59 Å². The molecule has 1 N–H and O–H groups in total. The number of nitrogens with zero attached hydrogens (tertiary/aromatic N) is 1. The van der Waals surface area contributed by atoms with Crippen molar-refractivity contribution in [2.45, 2.75) is 22.6 Å². The summed E-state index contributed by atoms with van der Waals surface area (Å²) in [5, 5.41) is 9.05. The fraction of sp³-hybridized carbons (Fsp3) is 0.304. The van der Waals surface area contributed by atoms with Crippen molar-refractivity contribution in [2.75, 3.05) is 26.3 Å². The van der Waals surface area contributed by atoms with Crippen molar-refractivity contribution < 1.29 is 24.2 Å². The molecule has 0 spiro atoms. The highest BCUT2D eigenvalue weighted by molar-refractivity contribution is 7.99. The molecule has 156 valence electrons. The maximum Gasteiger partial charge on any atom is 0.306 e. The number of carboxylic acid groups (broad SMARTS) is 1. The second kappa shape index (κ2) is 9.26. The summed E-state index contributed by atoms with van der Waals surface area (Å²) < 4.78 is 11.2. The summed E-state index contributed by atoms with van der Waals surface area (Å²) in [6, 6.07) is 13.9. The summed E-state index contributed by atoms with van der Waals surface area (Å²) in [5.74, 6) is 0.373. The van der Waals surface area contributed by atoms with Gasteiger partial charge < -0.3 is 19.5 Å². The van der Waals surface area contributed by atoms with Crippen molar-refractivity contribution in [1.82, 2.24) is 4.90 Å². The first-order chi connectivity index (χ1) is 14.6. The summed E-state index contributed by atoms with van der Waals surface area (Å²) in [6.45, 7) is 2.13. The Bertz CT molecular complexity index is 949. The van der Waals surface area contributed by atoms with E-state index < -0.39 is 5.97 Å². The number of carbonyl (C=O) groups is 2. The van der Waals surface area contributed by atoms with Crippen molar-refractivity contribution in [3.05, 3.63) is 54.1 Å². The maximum atomic E-state index is 12.3. The van der Waals surface area contributed by atoms with Crippen LogP contribution in [0.5, 0.6) is 11.5 Å². The molecule has 0 aromatic heterocycles. The second-order valence-corrected chi connectivity index (χ2v) is 8.39. The minimum atomic E-state index is -0.771. The Morgan fingerprint density at radius 1 is 0.967 bits per heavy atom. The van der Waals surface area contributed by atoms with Crippen molar-refractivity contribution >= 4 is 29.7 Å². The molecule has 1 amide bonds. The lowest BCUT2D eigenvalue weighted by molar-refractivity contribution is -0.144. The van der Waals surface area contributed by atoms with E-state index in [1.54, 1.807) is 28.8 Å². The summed E-state index contributed by atoms with van der Waals surface area (Å²) in [6.07, 6.45) is 4.38. The van der Waals surface area contributed by atoms with E-state index >= 15 is 0 Å². The second-order valence-electron chi connectivity index (χ2n) is 7.25. The van der Waals surface area contributed by atoms with Crippen LogP contribution < -0.4 is 9.47 Å². The number of hydrogen-bond acceptors (Lipinski definition) is 5. The smallest absolute Gasteiger partial charge is 0.306 e. The highest BCUT2D eigenvalue weighted by Gasteiger charge is 2.25. The summed E-state index contributed by atoms with van der Waals surface area (Å²) in [5.41, 5.74) is 0.940. The third-order valence-electron chi connectivity index (χ3n) is 5.20. The number of carbonyl (C=O) groups excluding carboxylic acids is 1. The Hall–Kier alpha value is -2.93. The van der Waals surface area contributed by atoms with Gasteiger partial charge in [-0.25, -0.2) is 0 Å². The van der Waals surface area contributed by atoms with Crippen LogP contribution in [-0.4, -0.2) is 48.2 Å². The van der Waals surface area contributed by atoms with E-state index in [-0.39, 0.29) is 11.8 Å². The fourth-order valence-electron chi connectivity index (χ4n) is 3.49. The molecule has 4 rings (SSSR count). The molecule has 6 nitrogen and oxygen atoms in total. The predicted molar refractivity (Wildman–Crippen MR) is 114 cm³/mol. The Morgan fingerprint density at radius 3 is 2.33 bits per heavy atom. The lowest BCUT2D eigenvalue weighted by Gasteiger charge is -2.29. The third kappa shape index (κ3) is 4.97. The normalized spacial score (nSPS) is 16.6. The van der Waals surface area contributed by atoms with Crippen LogP contribution in [0, 0.1) is 5.92 Å². The fourth-order valence-corrected chi connectivity index (χ4v) is 4.34. The number of ether oxygens (including phenoxy) is 2. The number of fused-ring (bicyclic) bond motifs is 1. The van der Waals surface area contributed by atoms with Gasteiger partial charge in [-0.05, 0) is 54.8 Å².